The van der Waals surface area contributed by atoms with Crippen molar-refractivity contribution in [1.82, 2.24) is 4.98 Å². The third-order valence-corrected chi connectivity index (χ3v) is 3.57. The van der Waals surface area contributed by atoms with Crippen LogP contribution in [0.25, 0.3) is 10.6 Å². The summed E-state index contributed by atoms with van der Waals surface area (Å²) in [4.78, 5) is 3.98. The van der Waals surface area contributed by atoms with Crippen LogP contribution in [0, 0.1) is 0 Å². The van der Waals surface area contributed by atoms with E-state index in [-0.39, 0.29) is 4.88 Å². The molecule has 0 unspecified atom stereocenters. The number of benzene rings is 1. The molecular weight excluding hydrogens is 284 g/mol. The van der Waals surface area contributed by atoms with Crippen molar-refractivity contribution in [2.24, 2.45) is 0 Å². The summed E-state index contributed by atoms with van der Waals surface area (Å²) in [6, 6.07) is 7.43. The summed E-state index contributed by atoms with van der Waals surface area (Å²) in [7, 11) is 0. The quantitative estimate of drug-likeness (QED) is 0.793. The molecule has 2 rings (SSSR count). The highest BCUT2D eigenvalue weighted by molar-refractivity contribution is 9.10. The minimum atomic E-state index is -2.45. The van der Waals surface area contributed by atoms with Gasteiger partial charge in [0.2, 0.25) is 0 Å². The van der Waals surface area contributed by atoms with E-state index >= 15 is 0 Å². The van der Waals surface area contributed by atoms with Gasteiger partial charge in [-0.25, -0.2) is 13.8 Å². The van der Waals surface area contributed by atoms with Gasteiger partial charge in [-0.05, 0) is 6.07 Å². The minimum Gasteiger partial charge on any atom is -0.244 e. The number of nitrogens with zero attached hydrogens (tertiary/aromatic N) is 1. The van der Waals surface area contributed by atoms with Crippen molar-refractivity contribution >= 4 is 27.3 Å². The topological polar surface area (TPSA) is 12.9 Å². The summed E-state index contributed by atoms with van der Waals surface area (Å²) < 4.78 is 25.6. The second-order valence-corrected chi connectivity index (χ2v) is 4.76. The standard InChI is InChI=1S/C10H6BrF2NS/c11-7-4-2-1-3-6(7)10-14-5-8(15-10)9(12)13/h1-5,9H. The Balaban J connectivity index is 2.42. The normalized spacial score (nSPS) is 10.9. The molecule has 0 bridgehead atoms. The van der Waals surface area contributed by atoms with Crippen LogP contribution in [0.2, 0.25) is 0 Å². The highest BCUT2D eigenvalue weighted by Crippen LogP contribution is 2.34. The number of thiazole rings is 1. The first kappa shape index (κ1) is 10.7. The SMILES string of the molecule is FC(F)c1cnc(-c2ccccc2Br)s1. The first-order valence-electron chi connectivity index (χ1n) is 4.17. The van der Waals surface area contributed by atoms with E-state index in [1.165, 1.54) is 6.20 Å². The summed E-state index contributed by atoms with van der Waals surface area (Å²) in [6.45, 7) is 0. The molecule has 0 aliphatic heterocycles. The molecule has 1 nitrogen and oxygen atoms in total. The van der Waals surface area contributed by atoms with Gasteiger partial charge in [0.25, 0.3) is 6.43 Å². The van der Waals surface area contributed by atoms with Crippen LogP contribution in [0.15, 0.2) is 34.9 Å². The smallest absolute Gasteiger partial charge is 0.244 e. The average Bonchev–Trinajstić information content (AvgIpc) is 2.67. The second kappa shape index (κ2) is 4.37. The molecule has 1 aromatic heterocycles. The van der Waals surface area contributed by atoms with Crippen molar-refractivity contribution in [3.63, 3.8) is 0 Å². The van der Waals surface area contributed by atoms with Gasteiger partial charge in [0, 0.05) is 16.2 Å². The number of aromatic nitrogens is 1. The van der Waals surface area contributed by atoms with Crippen LogP contribution in [-0.4, -0.2) is 4.98 Å². The van der Waals surface area contributed by atoms with Crippen molar-refractivity contribution in [1.29, 1.82) is 0 Å². The van der Waals surface area contributed by atoms with Crippen LogP contribution in [0.3, 0.4) is 0 Å². The van der Waals surface area contributed by atoms with Crippen LogP contribution in [0.1, 0.15) is 11.3 Å². The molecule has 0 atom stereocenters. The fraction of sp³-hybridized carbons (Fsp3) is 0.100. The molecule has 1 aromatic carbocycles. The Morgan fingerprint density at radius 2 is 2.00 bits per heavy atom. The number of alkyl halides is 2. The van der Waals surface area contributed by atoms with Gasteiger partial charge in [-0.3, -0.25) is 0 Å². The molecule has 0 saturated heterocycles. The number of rotatable bonds is 2. The Morgan fingerprint density at radius 1 is 1.27 bits per heavy atom. The van der Waals surface area contributed by atoms with E-state index in [2.05, 4.69) is 20.9 Å². The lowest BCUT2D eigenvalue weighted by Gasteiger charge is -1.98. The molecule has 0 aliphatic carbocycles. The van der Waals surface area contributed by atoms with E-state index in [0.717, 1.165) is 21.4 Å². The lowest BCUT2D eigenvalue weighted by Crippen LogP contribution is -1.75. The summed E-state index contributed by atoms with van der Waals surface area (Å²) in [6.07, 6.45) is -1.22. The van der Waals surface area contributed by atoms with E-state index in [1.807, 2.05) is 24.3 Å². The van der Waals surface area contributed by atoms with Gasteiger partial charge < -0.3 is 0 Å². The van der Waals surface area contributed by atoms with Crippen LogP contribution in [-0.2, 0) is 0 Å². The van der Waals surface area contributed by atoms with Gasteiger partial charge in [0.15, 0.2) is 0 Å². The fourth-order valence-corrected chi connectivity index (χ4v) is 2.56. The summed E-state index contributed by atoms with van der Waals surface area (Å²) in [5.74, 6) is 0. The maximum absolute atomic E-state index is 12.4. The lowest BCUT2D eigenvalue weighted by atomic mass is 10.2. The van der Waals surface area contributed by atoms with E-state index in [1.54, 1.807) is 0 Å². The maximum atomic E-state index is 12.4. The molecule has 0 N–H and O–H groups in total. The van der Waals surface area contributed by atoms with Gasteiger partial charge in [-0.1, -0.05) is 34.1 Å². The number of halogens is 3. The van der Waals surface area contributed by atoms with Crippen LogP contribution in [0.5, 0.6) is 0 Å². The minimum absolute atomic E-state index is 0.000697. The van der Waals surface area contributed by atoms with E-state index in [0.29, 0.717) is 5.01 Å². The van der Waals surface area contributed by atoms with Crippen LogP contribution >= 0.6 is 27.3 Å². The van der Waals surface area contributed by atoms with Gasteiger partial charge in [0.05, 0.1) is 4.88 Å². The monoisotopic (exact) mass is 289 g/mol. The Morgan fingerprint density at radius 3 is 2.60 bits per heavy atom. The molecule has 0 fully saturated rings. The summed E-state index contributed by atoms with van der Waals surface area (Å²) in [5.41, 5.74) is 0.842. The largest absolute Gasteiger partial charge is 0.274 e. The summed E-state index contributed by atoms with van der Waals surface area (Å²) in [5, 5.41) is 0.609. The van der Waals surface area contributed by atoms with Crippen molar-refractivity contribution in [3.05, 3.63) is 39.8 Å². The third-order valence-electron chi connectivity index (χ3n) is 1.84. The molecule has 5 heteroatoms. The Labute approximate surface area is 97.9 Å². The first-order chi connectivity index (χ1) is 7.18. The van der Waals surface area contributed by atoms with E-state index in [4.69, 9.17) is 0 Å². The average molecular weight is 290 g/mol. The van der Waals surface area contributed by atoms with Crippen LogP contribution < -0.4 is 0 Å². The van der Waals surface area contributed by atoms with Gasteiger partial charge in [0.1, 0.15) is 5.01 Å². The predicted molar refractivity (Wildman–Crippen MR) is 60.2 cm³/mol. The molecule has 0 radical (unpaired) electrons. The molecular formula is C10H6BrF2NS. The van der Waals surface area contributed by atoms with Gasteiger partial charge in [-0.2, -0.15) is 0 Å². The van der Waals surface area contributed by atoms with Crippen molar-refractivity contribution in [3.8, 4) is 10.6 Å². The third kappa shape index (κ3) is 2.23. The van der Waals surface area contributed by atoms with Crippen molar-refractivity contribution in [2.45, 2.75) is 6.43 Å². The molecule has 1 heterocycles. The maximum Gasteiger partial charge on any atom is 0.274 e. The van der Waals surface area contributed by atoms with Crippen molar-refractivity contribution in [2.75, 3.05) is 0 Å². The van der Waals surface area contributed by atoms with Gasteiger partial charge >= 0.3 is 0 Å². The first-order valence-corrected chi connectivity index (χ1v) is 5.78. The van der Waals surface area contributed by atoms with Gasteiger partial charge in [-0.15, -0.1) is 11.3 Å². The molecule has 0 spiro atoms. The zero-order valence-corrected chi connectivity index (χ0v) is 9.86. The highest BCUT2D eigenvalue weighted by Gasteiger charge is 2.13. The molecule has 15 heavy (non-hydrogen) atoms. The number of hydrogen-bond acceptors (Lipinski definition) is 2. The molecule has 0 amide bonds. The lowest BCUT2D eigenvalue weighted by molar-refractivity contribution is 0.155. The fourth-order valence-electron chi connectivity index (χ4n) is 1.15. The Bertz CT molecular complexity index is 470. The molecule has 0 aliphatic rings. The van der Waals surface area contributed by atoms with E-state index < -0.39 is 6.43 Å². The van der Waals surface area contributed by atoms with Crippen molar-refractivity contribution < 1.29 is 8.78 Å². The number of hydrogen-bond donors (Lipinski definition) is 0. The Hall–Kier alpha value is -0.810. The van der Waals surface area contributed by atoms with E-state index in [9.17, 15) is 8.78 Å². The molecule has 2 aromatic rings. The molecule has 0 saturated carbocycles. The second-order valence-electron chi connectivity index (χ2n) is 2.85. The highest BCUT2D eigenvalue weighted by atomic mass is 79.9. The predicted octanol–water partition coefficient (Wildman–Crippen LogP) is 4.51. The Kier molecular flexibility index (Phi) is 3.11. The van der Waals surface area contributed by atoms with Crippen LogP contribution in [0.4, 0.5) is 8.78 Å². The summed E-state index contributed by atoms with van der Waals surface area (Å²) >= 11 is 4.38. The zero-order valence-electron chi connectivity index (χ0n) is 7.45. The molecule has 78 valence electrons. The zero-order chi connectivity index (χ0) is 10.8.